The van der Waals surface area contributed by atoms with E-state index in [9.17, 15) is 4.79 Å². The molecule has 0 unspecified atom stereocenters. The van der Waals surface area contributed by atoms with E-state index in [1.165, 1.54) is 5.56 Å². The first kappa shape index (κ1) is 18.6. The fourth-order valence-corrected chi connectivity index (χ4v) is 3.66. The second-order valence-electron chi connectivity index (χ2n) is 7.17. The SMILES string of the molecule is CCn1cnnc1[C@H](C)NC(=O)CC1CCN(Cc2ccccc2)CC1. The number of carbonyl (C=O) groups is 1. The summed E-state index contributed by atoms with van der Waals surface area (Å²) in [6.07, 6.45) is 4.48. The molecule has 2 heterocycles. The third-order valence-corrected chi connectivity index (χ3v) is 5.18. The monoisotopic (exact) mass is 355 g/mol. The van der Waals surface area contributed by atoms with E-state index in [0.717, 1.165) is 44.8 Å². The Kier molecular flexibility index (Phi) is 6.39. The van der Waals surface area contributed by atoms with Crippen LogP contribution in [0.2, 0.25) is 0 Å². The fraction of sp³-hybridized carbons (Fsp3) is 0.550. The Morgan fingerprint density at radius 1 is 1.27 bits per heavy atom. The van der Waals surface area contributed by atoms with Crippen LogP contribution in [0, 0.1) is 5.92 Å². The summed E-state index contributed by atoms with van der Waals surface area (Å²) in [5.74, 6) is 1.40. The molecule has 1 saturated heterocycles. The Morgan fingerprint density at radius 2 is 2.00 bits per heavy atom. The molecule has 0 spiro atoms. The van der Waals surface area contributed by atoms with Gasteiger partial charge in [-0.2, -0.15) is 0 Å². The molecule has 26 heavy (non-hydrogen) atoms. The minimum absolute atomic E-state index is 0.108. The van der Waals surface area contributed by atoms with Crippen LogP contribution in [-0.4, -0.2) is 38.7 Å². The fourth-order valence-electron chi connectivity index (χ4n) is 3.66. The number of hydrogen-bond acceptors (Lipinski definition) is 4. The summed E-state index contributed by atoms with van der Waals surface area (Å²) in [5.41, 5.74) is 1.36. The van der Waals surface area contributed by atoms with Gasteiger partial charge in [0.1, 0.15) is 6.33 Å². The number of rotatable bonds is 7. The number of carbonyl (C=O) groups excluding carboxylic acids is 1. The van der Waals surface area contributed by atoms with Crippen molar-refractivity contribution in [2.45, 2.75) is 52.2 Å². The molecule has 2 aromatic rings. The highest BCUT2D eigenvalue weighted by atomic mass is 16.1. The van der Waals surface area contributed by atoms with E-state index in [2.05, 4.69) is 50.7 Å². The normalized spacial score (nSPS) is 17.2. The van der Waals surface area contributed by atoms with Gasteiger partial charge in [-0.3, -0.25) is 9.69 Å². The van der Waals surface area contributed by atoms with Crippen LogP contribution in [0.25, 0.3) is 0 Å². The molecular weight excluding hydrogens is 326 g/mol. The van der Waals surface area contributed by atoms with Gasteiger partial charge < -0.3 is 9.88 Å². The van der Waals surface area contributed by atoms with Crippen molar-refractivity contribution in [2.75, 3.05) is 13.1 Å². The summed E-state index contributed by atoms with van der Waals surface area (Å²) in [7, 11) is 0. The van der Waals surface area contributed by atoms with Crippen LogP contribution in [0.1, 0.15) is 50.5 Å². The van der Waals surface area contributed by atoms with Crippen molar-refractivity contribution in [2.24, 2.45) is 5.92 Å². The zero-order valence-corrected chi connectivity index (χ0v) is 15.8. The summed E-state index contributed by atoms with van der Waals surface area (Å²) in [4.78, 5) is 14.9. The topological polar surface area (TPSA) is 63.1 Å². The molecule has 1 fully saturated rings. The van der Waals surface area contributed by atoms with Crippen LogP contribution < -0.4 is 5.32 Å². The lowest BCUT2D eigenvalue weighted by molar-refractivity contribution is -0.123. The number of aromatic nitrogens is 3. The van der Waals surface area contributed by atoms with Gasteiger partial charge in [0.2, 0.25) is 5.91 Å². The maximum atomic E-state index is 12.4. The molecule has 140 valence electrons. The zero-order valence-electron chi connectivity index (χ0n) is 15.8. The van der Waals surface area contributed by atoms with Crippen molar-refractivity contribution in [3.05, 3.63) is 48.0 Å². The van der Waals surface area contributed by atoms with E-state index in [4.69, 9.17) is 0 Å². The molecule has 0 radical (unpaired) electrons. The molecule has 0 aliphatic carbocycles. The van der Waals surface area contributed by atoms with E-state index >= 15 is 0 Å². The van der Waals surface area contributed by atoms with Gasteiger partial charge in [0.05, 0.1) is 6.04 Å². The highest BCUT2D eigenvalue weighted by Gasteiger charge is 2.23. The third-order valence-electron chi connectivity index (χ3n) is 5.18. The Hall–Kier alpha value is -2.21. The van der Waals surface area contributed by atoms with E-state index in [1.54, 1.807) is 6.33 Å². The summed E-state index contributed by atoms with van der Waals surface area (Å²) in [6.45, 7) is 7.95. The Labute approximate surface area is 155 Å². The van der Waals surface area contributed by atoms with Gasteiger partial charge in [-0.25, -0.2) is 0 Å². The van der Waals surface area contributed by atoms with Crippen LogP contribution in [0.3, 0.4) is 0 Å². The quantitative estimate of drug-likeness (QED) is 0.829. The van der Waals surface area contributed by atoms with Gasteiger partial charge in [0.25, 0.3) is 0 Å². The lowest BCUT2D eigenvalue weighted by Crippen LogP contribution is -2.36. The first-order valence-electron chi connectivity index (χ1n) is 9.59. The minimum atomic E-state index is -0.108. The van der Waals surface area contributed by atoms with Crippen LogP contribution in [0.15, 0.2) is 36.7 Å². The molecular formula is C20H29N5O. The smallest absolute Gasteiger partial charge is 0.220 e. The molecule has 1 N–H and O–H groups in total. The molecule has 1 atom stereocenters. The van der Waals surface area contributed by atoms with Crippen molar-refractivity contribution < 1.29 is 4.79 Å². The van der Waals surface area contributed by atoms with Crippen LogP contribution in [0.4, 0.5) is 0 Å². The van der Waals surface area contributed by atoms with Gasteiger partial charge in [-0.15, -0.1) is 10.2 Å². The predicted octanol–water partition coefficient (Wildman–Crippen LogP) is 2.78. The van der Waals surface area contributed by atoms with E-state index in [0.29, 0.717) is 12.3 Å². The molecule has 1 aliphatic heterocycles. The lowest BCUT2D eigenvalue weighted by Gasteiger charge is -2.31. The molecule has 1 aliphatic rings. The number of hydrogen-bond donors (Lipinski definition) is 1. The molecule has 1 aromatic heterocycles. The van der Waals surface area contributed by atoms with Crippen molar-refractivity contribution in [1.29, 1.82) is 0 Å². The first-order chi connectivity index (χ1) is 12.7. The van der Waals surface area contributed by atoms with Crippen LogP contribution >= 0.6 is 0 Å². The van der Waals surface area contributed by atoms with Gasteiger partial charge >= 0.3 is 0 Å². The maximum absolute atomic E-state index is 12.4. The second-order valence-corrected chi connectivity index (χ2v) is 7.17. The standard InChI is InChI=1S/C20H29N5O/c1-3-25-15-21-23-20(25)16(2)22-19(26)13-17-9-11-24(12-10-17)14-18-7-5-4-6-8-18/h4-8,15-17H,3,9-14H2,1-2H3,(H,22,26)/t16-/m0/s1. The van der Waals surface area contributed by atoms with E-state index < -0.39 is 0 Å². The van der Waals surface area contributed by atoms with E-state index in [-0.39, 0.29) is 11.9 Å². The lowest BCUT2D eigenvalue weighted by atomic mass is 9.93. The van der Waals surface area contributed by atoms with E-state index in [1.807, 2.05) is 18.4 Å². The Bertz CT molecular complexity index is 691. The van der Waals surface area contributed by atoms with Gasteiger partial charge in [0.15, 0.2) is 5.82 Å². The number of amides is 1. The average Bonchev–Trinajstić information content (AvgIpc) is 3.13. The van der Waals surface area contributed by atoms with Crippen LogP contribution in [0.5, 0.6) is 0 Å². The molecule has 0 saturated carbocycles. The van der Waals surface area contributed by atoms with Crippen LogP contribution in [-0.2, 0) is 17.9 Å². The molecule has 1 amide bonds. The van der Waals surface area contributed by atoms with Gasteiger partial charge in [0, 0.05) is 19.5 Å². The second kappa shape index (κ2) is 8.94. The van der Waals surface area contributed by atoms with Gasteiger partial charge in [-0.05, 0) is 51.3 Å². The molecule has 6 heteroatoms. The molecule has 6 nitrogen and oxygen atoms in total. The zero-order chi connectivity index (χ0) is 18.4. The predicted molar refractivity (Wildman–Crippen MR) is 101 cm³/mol. The molecule has 1 aromatic carbocycles. The number of aryl methyl sites for hydroxylation is 1. The number of piperidine rings is 1. The van der Waals surface area contributed by atoms with Crippen molar-refractivity contribution >= 4 is 5.91 Å². The Balaban J connectivity index is 1.42. The highest BCUT2D eigenvalue weighted by molar-refractivity contribution is 5.76. The summed E-state index contributed by atoms with van der Waals surface area (Å²) in [6, 6.07) is 10.5. The maximum Gasteiger partial charge on any atom is 0.220 e. The van der Waals surface area contributed by atoms with Gasteiger partial charge in [-0.1, -0.05) is 30.3 Å². The minimum Gasteiger partial charge on any atom is -0.346 e. The van der Waals surface area contributed by atoms with Crippen molar-refractivity contribution in [3.63, 3.8) is 0 Å². The summed E-state index contributed by atoms with van der Waals surface area (Å²) in [5, 5.41) is 11.1. The average molecular weight is 355 g/mol. The number of nitrogens with zero attached hydrogens (tertiary/aromatic N) is 4. The number of benzene rings is 1. The first-order valence-corrected chi connectivity index (χ1v) is 9.59. The van der Waals surface area contributed by atoms with Crippen molar-refractivity contribution in [3.8, 4) is 0 Å². The molecule has 0 bridgehead atoms. The van der Waals surface area contributed by atoms with Crippen molar-refractivity contribution in [1.82, 2.24) is 25.0 Å². The molecule has 3 rings (SSSR count). The Morgan fingerprint density at radius 3 is 2.69 bits per heavy atom. The number of nitrogens with one attached hydrogen (secondary N) is 1. The highest BCUT2D eigenvalue weighted by Crippen LogP contribution is 2.22. The third kappa shape index (κ3) is 4.91. The summed E-state index contributed by atoms with van der Waals surface area (Å²) >= 11 is 0. The largest absolute Gasteiger partial charge is 0.346 e. The number of likely N-dealkylation sites (tertiary alicyclic amines) is 1. The summed E-state index contributed by atoms with van der Waals surface area (Å²) < 4.78 is 1.97.